The minimum atomic E-state index is -3.24. The van der Waals surface area contributed by atoms with E-state index in [0.29, 0.717) is 12.8 Å². The topological polar surface area (TPSA) is 84.5 Å². The van der Waals surface area contributed by atoms with E-state index >= 15 is 0 Å². The van der Waals surface area contributed by atoms with Gasteiger partial charge >= 0.3 is 0 Å². The Labute approximate surface area is 122 Å². The molecule has 0 atom stereocenters. The summed E-state index contributed by atoms with van der Waals surface area (Å²) in [4.78, 5) is 3.97. The number of hydrogen-bond acceptors (Lipinski definition) is 3. The zero-order valence-corrected chi connectivity index (χ0v) is 12.4. The van der Waals surface area contributed by atoms with Gasteiger partial charge in [-0.15, -0.1) is 0 Å². The van der Waals surface area contributed by atoms with Crippen molar-refractivity contribution in [2.75, 3.05) is 18.1 Å². The van der Waals surface area contributed by atoms with Crippen LogP contribution in [0.25, 0.3) is 0 Å². The fraction of sp³-hybridized carbons (Fsp3) is 0.462. The summed E-state index contributed by atoms with van der Waals surface area (Å²) in [5.74, 6) is -1.43. The molecule has 8 heteroatoms. The van der Waals surface area contributed by atoms with Crippen LogP contribution in [0.1, 0.15) is 19.3 Å². The number of benzene rings is 1. The predicted octanol–water partition coefficient (Wildman–Crippen LogP) is 1.66. The van der Waals surface area contributed by atoms with Gasteiger partial charge in [0.2, 0.25) is 0 Å². The average molecular weight is 317 g/mol. The molecule has 0 unspecified atom stereocenters. The van der Waals surface area contributed by atoms with Crippen LogP contribution >= 0.6 is 0 Å². The molecule has 0 aromatic heterocycles. The number of sulfone groups is 1. The van der Waals surface area contributed by atoms with Crippen LogP contribution in [0.15, 0.2) is 23.2 Å². The highest BCUT2D eigenvalue weighted by Crippen LogP contribution is 2.39. The SMILES string of the molecule is CS(=O)(=O)C1(CN=C(N)Nc2cc(F)ccc2F)CCC1. The maximum atomic E-state index is 13.4. The Balaban J connectivity index is 2.10. The Morgan fingerprint density at radius 2 is 2.10 bits per heavy atom. The highest BCUT2D eigenvalue weighted by molar-refractivity contribution is 7.92. The molecule has 0 spiro atoms. The standard InChI is InChI=1S/C13H17F2N3O2S/c1-21(19,20)13(5-2-6-13)8-17-12(16)18-11-7-9(14)3-4-10(11)15/h3-4,7H,2,5-6,8H2,1H3,(H3,16,17,18). The molecule has 0 bridgehead atoms. The van der Waals surface area contributed by atoms with Crippen molar-refractivity contribution in [2.45, 2.75) is 24.0 Å². The van der Waals surface area contributed by atoms with E-state index in [9.17, 15) is 17.2 Å². The largest absolute Gasteiger partial charge is 0.370 e. The van der Waals surface area contributed by atoms with Gasteiger partial charge in [-0.1, -0.05) is 6.42 Å². The van der Waals surface area contributed by atoms with Gasteiger partial charge < -0.3 is 11.1 Å². The first-order valence-electron chi connectivity index (χ1n) is 6.45. The zero-order valence-electron chi connectivity index (χ0n) is 11.6. The van der Waals surface area contributed by atoms with Crippen LogP contribution in [0, 0.1) is 11.6 Å². The van der Waals surface area contributed by atoms with Gasteiger partial charge in [0, 0.05) is 12.3 Å². The van der Waals surface area contributed by atoms with E-state index in [1.165, 1.54) is 6.26 Å². The molecule has 2 rings (SSSR count). The number of aliphatic imine (C=N–C) groups is 1. The van der Waals surface area contributed by atoms with Crippen LogP contribution in [-0.2, 0) is 9.84 Å². The van der Waals surface area contributed by atoms with Gasteiger partial charge in [-0.3, -0.25) is 4.99 Å². The monoisotopic (exact) mass is 317 g/mol. The van der Waals surface area contributed by atoms with Crippen LogP contribution < -0.4 is 11.1 Å². The molecule has 5 nitrogen and oxygen atoms in total. The molecule has 116 valence electrons. The molecule has 1 aliphatic carbocycles. The van der Waals surface area contributed by atoms with E-state index in [1.807, 2.05) is 0 Å². The minimum Gasteiger partial charge on any atom is -0.370 e. The first kappa shape index (κ1) is 15.7. The second kappa shape index (κ2) is 5.59. The normalized spacial score (nSPS) is 18.1. The van der Waals surface area contributed by atoms with E-state index in [2.05, 4.69) is 10.3 Å². The fourth-order valence-electron chi connectivity index (χ4n) is 2.22. The number of hydrogen-bond donors (Lipinski definition) is 2. The minimum absolute atomic E-state index is 0.0155. The Bertz CT molecular complexity index is 670. The van der Waals surface area contributed by atoms with Crippen molar-refractivity contribution in [3.63, 3.8) is 0 Å². The van der Waals surface area contributed by atoms with Crippen LogP contribution in [-0.4, -0.2) is 31.9 Å². The lowest BCUT2D eigenvalue weighted by atomic mass is 9.84. The average Bonchev–Trinajstić information content (AvgIpc) is 2.30. The van der Waals surface area contributed by atoms with Crippen molar-refractivity contribution in [2.24, 2.45) is 10.7 Å². The Morgan fingerprint density at radius 3 is 2.62 bits per heavy atom. The molecule has 0 amide bonds. The van der Waals surface area contributed by atoms with Gasteiger partial charge in [0.05, 0.1) is 17.0 Å². The van der Waals surface area contributed by atoms with Crippen LogP contribution in [0.2, 0.25) is 0 Å². The smallest absolute Gasteiger partial charge is 0.193 e. The van der Waals surface area contributed by atoms with E-state index < -0.39 is 26.2 Å². The number of nitrogens with two attached hydrogens (primary N) is 1. The Kier molecular flexibility index (Phi) is 4.18. The molecule has 1 fully saturated rings. The molecule has 0 heterocycles. The third-order valence-corrected chi connectivity index (χ3v) is 5.89. The van der Waals surface area contributed by atoms with Gasteiger partial charge in [0.15, 0.2) is 15.8 Å². The number of nitrogens with one attached hydrogen (secondary N) is 1. The lowest BCUT2D eigenvalue weighted by Gasteiger charge is -2.38. The third-order valence-electron chi connectivity index (χ3n) is 3.78. The van der Waals surface area contributed by atoms with Crippen LogP contribution in [0.4, 0.5) is 14.5 Å². The zero-order chi connectivity index (χ0) is 15.7. The van der Waals surface area contributed by atoms with Gasteiger partial charge in [-0.05, 0) is 25.0 Å². The molecule has 0 aliphatic heterocycles. The summed E-state index contributed by atoms with van der Waals surface area (Å²) in [6, 6.07) is 2.91. The molecule has 1 aliphatic rings. The van der Waals surface area contributed by atoms with E-state index in [4.69, 9.17) is 5.73 Å². The summed E-state index contributed by atoms with van der Waals surface area (Å²) in [5.41, 5.74) is 5.47. The highest BCUT2D eigenvalue weighted by atomic mass is 32.2. The molecule has 3 N–H and O–H groups in total. The summed E-state index contributed by atoms with van der Waals surface area (Å²) in [7, 11) is -3.24. The Hall–Kier alpha value is -1.70. The highest BCUT2D eigenvalue weighted by Gasteiger charge is 2.46. The molecule has 1 aromatic carbocycles. The molecule has 1 aromatic rings. The van der Waals surface area contributed by atoms with Crippen LogP contribution in [0.3, 0.4) is 0 Å². The summed E-state index contributed by atoms with van der Waals surface area (Å²) in [6.45, 7) is 0.0155. The number of nitrogens with zero attached hydrogens (tertiary/aromatic N) is 1. The van der Waals surface area contributed by atoms with Crippen LogP contribution in [0.5, 0.6) is 0 Å². The van der Waals surface area contributed by atoms with Gasteiger partial charge in [0.1, 0.15) is 11.6 Å². The Morgan fingerprint density at radius 1 is 1.43 bits per heavy atom. The quantitative estimate of drug-likeness (QED) is 0.653. The summed E-state index contributed by atoms with van der Waals surface area (Å²) in [6.07, 6.45) is 3.08. The lowest BCUT2D eigenvalue weighted by Crippen LogP contribution is -2.48. The van der Waals surface area contributed by atoms with Gasteiger partial charge in [0.25, 0.3) is 0 Å². The van der Waals surface area contributed by atoms with Crippen molar-refractivity contribution in [1.82, 2.24) is 0 Å². The van der Waals surface area contributed by atoms with Crippen molar-refractivity contribution in [3.8, 4) is 0 Å². The summed E-state index contributed by atoms with van der Waals surface area (Å²) < 4.78 is 49.1. The maximum absolute atomic E-state index is 13.4. The first-order chi connectivity index (χ1) is 9.73. The number of rotatable bonds is 4. The van der Waals surface area contributed by atoms with Crippen molar-refractivity contribution >= 4 is 21.5 Å². The molecule has 0 saturated heterocycles. The number of anilines is 1. The van der Waals surface area contributed by atoms with Crippen molar-refractivity contribution < 1.29 is 17.2 Å². The molecular weight excluding hydrogens is 300 g/mol. The second-order valence-electron chi connectivity index (χ2n) is 5.26. The fourth-order valence-corrected chi connectivity index (χ4v) is 3.55. The molecule has 21 heavy (non-hydrogen) atoms. The number of halogens is 2. The molecule has 0 radical (unpaired) electrons. The molecule has 1 saturated carbocycles. The third kappa shape index (κ3) is 3.31. The maximum Gasteiger partial charge on any atom is 0.193 e. The predicted molar refractivity (Wildman–Crippen MR) is 77.9 cm³/mol. The summed E-state index contributed by atoms with van der Waals surface area (Å²) in [5, 5.41) is 2.44. The van der Waals surface area contributed by atoms with Gasteiger partial charge in [-0.2, -0.15) is 0 Å². The van der Waals surface area contributed by atoms with E-state index in [-0.39, 0.29) is 18.2 Å². The second-order valence-corrected chi connectivity index (χ2v) is 7.67. The van der Waals surface area contributed by atoms with E-state index in [0.717, 1.165) is 24.6 Å². The lowest BCUT2D eigenvalue weighted by molar-refractivity contribution is 0.346. The van der Waals surface area contributed by atoms with E-state index in [1.54, 1.807) is 0 Å². The number of guanidine groups is 1. The van der Waals surface area contributed by atoms with Crippen molar-refractivity contribution in [3.05, 3.63) is 29.8 Å². The van der Waals surface area contributed by atoms with Gasteiger partial charge in [-0.25, -0.2) is 17.2 Å². The molecular formula is C13H17F2N3O2S. The summed E-state index contributed by atoms with van der Waals surface area (Å²) >= 11 is 0. The first-order valence-corrected chi connectivity index (χ1v) is 8.34. The van der Waals surface area contributed by atoms with Crippen molar-refractivity contribution in [1.29, 1.82) is 0 Å².